The maximum absolute atomic E-state index is 12.5. The van der Waals surface area contributed by atoms with Crippen molar-refractivity contribution >= 4 is 21.7 Å². The molecular formula is C14H22BrN3O. The number of hydrogen-bond donors (Lipinski definition) is 1. The largest absolute Gasteiger partial charge is 0.327 e. The van der Waals surface area contributed by atoms with Crippen LogP contribution >= 0.6 is 15.9 Å². The van der Waals surface area contributed by atoms with E-state index < -0.39 is 0 Å². The van der Waals surface area contributed by atoms with E-state index in [0.717, 1.165) is 48.1 Å². The lowest BCUT2D eigenvalue weighted by Gasteiger charge is -2.27. The molecule has 1 saturated carbocycles. The van der Waals surface area contributed by atoms with E-state index in [9.17, 15) is 4.79 Å². The summed E-state index contributed by atoms with van der Waals surface area (Å²) in [5, 5.41) is 4.43. The van der Waals surface area contributed by atoms with Crippen LogP contribution in [0.1, 0.15) is 44.0 Å². The second kappa shape index (κ2) is 6.18. The molecular weight excluding hydrogens is 306 g/mol. The fourth-order valence-electron chi connectivity index (χ4n) is 2.89. The molecule has 1 heterocycles. The Labute approximate surface area is 122 Å². The standard InChI is InChI=1S/C14H22BrN3O/c1-3-18-12(14(15)9(2)17-18)8-13(19)10-6-4-5-7-11(10)16/h10-11H,3-8,16H2,1-2H3. The van der Waals surface area contributed by atoms with Crippen LogP contribution in [-0.4, -0.2) is 21.6 Å². The number of carbonyl (C=O) groups is 1. The summed E-state index contributed by atoms with van der Waals surface area (Å²) in [5.74, 6) is 0.295. The molecule has 0 bridgehead atoms. The third-order valence-electron chi connectivity index (χ3n) is 4.03. The molecule has 0 saturated heterocycles. The van der Waals surface area contributed by atoms with Crippen molar-refractivity contribution < 1.29 is 4.79 Å². The van der Waals surface area contributed by atoms with Crippen LogP contribution in [0.25, 0.3) is 0 Å². The minimum atomic E-state index is 0.0289. The highest BCUT2D eigenvalue weighted by atomic mass is 79.9. The van der Waals surface area contributed by atoms with E-state index >= 15 is 0 Å². The van der Waals surface area contributed by atoms with Crippen molar-refractivity contribution in [2.75, 3.05) is 0 Å². The molecule has 0 aliphatic heterocycles. The Morgan fingerprint density at radius 1 is 1.47 bits per heavy atom. The van der Waals surface area contributed by atoms with Gasteiger partial charge in [0.15, 0.2) is 0 Å². The molecule has 19 heavy (non-hydrogen) atoms. The van der Waals surface area contributed by atoms with Gasteiger partial charge >= 0.3 is 0 Å². The van der Waals surface area contributed by atoms with E-state index in [2.05, 4.69) is 21.0 Å². The number of nitrogens with zero attached hydrogens (tertiary/aromatic N) is 2. The number of hydrogen-bond acceptors (Lipinski definition) is 3. The maximum Gasteiger partial charge on any atom is 0.143 e. The molecule has 1 aromatic heterocycles. The summed E-state index contributed by atoms with van der Waals surface area (Å²) in [7, 11) is 0. The van der Waals surface area contributed by atoms with Crippen LogP contribution < -0.4 is 5.73 Å². The summed E-state index contributed by atoms with van der Waals surface area (Å²) in [6.07, 6.45) is 4.63. The number of Topliss-reactive ketones (excluding diaryl/α,β-unsaturated/α-hetero) is 1. The van der Waals surface area contributed by atoms with Gasteiger partial charge in [-0.3, -0.25) is 9.48 Å². The van der Waals surface area contributed by atoms with Crippen LogP contribution in [-0.2, 0) is 17.8 Å². The molecule has 0 amide bonds. The van der Waals surface area contributed by atoms with Gasteiger partial charge in [-0.25, -0.2) is 0 Å². The molecule has 1 aliphatic carbocycles. The Morgan fingerprint density at radius 2 is 2.16 bits per heavy atom. The number of nitrogens with two attached hydrogens (primary N) is 1. The van der Waals surface area contributed by atoms with E-state index in [1.807, 2.05) is 18.5 Å². The lowest BCUT2D eigenvalue weighted by molar-refractivity contribution is -0.123. The number of rotatable bonds is 4. The molecule has 2 N–H and O–H groups in total. The molecule has 2 rings (SSSR count). The topological polar surface area (TPSA) is 60.9 Å². The number of ketones is 1. The summed E-state index contributed by atoms with van der Waals surface area (Å²) in [6, 6.07) is 0.0409. The SMILES string of the molecule is CCn1nc(C)c(Br)c1CC(=O)C1CCCCC1N. The molecule has 1 fully saturated rings. The second-order valence-corrected chi connectivity index (χ2v) is 6.15. The van der Waals surface area contributed by atoms with E-state index in [1.54, 1.807) is 0 Å². The molecule has 1 aliphatic rings. The van der Waals surface area contributed by atoms with Crippen LogP contribution in [0.5, 0.6) is 0 Å². The van der Waals surface area contributed by atoms with Crippen LogP contribution in [0.4, 0.5) is 0 Å². The third kappa shape index (κ3) is 3.08. The molecule has 0 spiro atoms. The number of aryl methyl sites for hydroxylation is 2. The monoisotopic (exact) mass is 327 g/mol. The summed E-state index contributed by atoms with van der Waals surface area (Å²) in [5.41, 5.74) is 8.02. The minimum Gasteiger partial charge on any atom is -0.327 e. The van der Waals surface area contributed by atoms with Crippen molar-refractivity contribution in [2.24, 2.45) is 11.7 Å². The number of aromatic nitrogens is 2. The first-order valence-corrected chi connectivity index (χ1v) is 7.84. The zero-order valence-corrected chi connectivity index (χ0v) is 13.2. The maximum atomic E-state index is 12.5. The predicted molar refractivity (Wildman–Crippen MR) is 79.0 cm³/mol. The van der Waals surface area contributed by atoms with Gasteiger partial charge in [-0.2, -0.15) is 5.10 Å². The normalized spacial score (nSPS) is 23.6. The van der Waals surface area contributed by atoms with Crippen LogP contribution in [0.15, 0.2) is 4.47 Å². The Balaban J connectivity index is 2.14. The smallest absolute Gasteiger partial charge is 0.143 e. The average Bonchev–Trinajstić information content (AvgIpc) is 2.67. The van der Waals surface area contributed by atoms with Gasteiger partial charge in [0, 0.05) is 24.9 Å². The molecule has 106 valence electrons. The van der Waals surface area contributed by atoms with Gasteiger partial charge in [0.05, 0.1) is 15.9 Å². The van der Waals surface area contributed by atoms with Crippen molar-refractivity contribution in [3.8, 4) is 0 Å². The lowest BCUT2D eigenvalue weighted by atomic mass is 9.81. The average molecular weight is 328 g/mol. The Hall–Kier alpha value is -0.680. The van der Waals surface area contributed by atoms with Crippen molar-refractivity contribution in [2.45, 2.75) is 58.5 Å². The summed E-state index contributed by atoms with van der Waals surface area (Å²) in [6.45, 7) is 4.78. The highest BCUT2D eigenvalue weighted by Gasteiger charge is 2.29. The van der Waals surface area contributed by atoms with Gasteiger partial charge in [-0.1, -0.05) is 12.8 Å². The Morgan fingerprint density at radius 3 is 2.79 bits per heavy atom. The van der Waals surface area contributed by atoms with E-state index in [0.29, 0.717) is 6.42 Å². The van der Waals surface area contributed by atoms with E-state index in [4.69, 9.17) is 5.73 Å². The highest BCUT2D eigenvalue weighted by Crippen LogP contribution is 2.27. The molecule has 0 radical (unpaired) electrons. The van der Waals surface area contributed by atoms with Gasteiger partial charge < -0.3 is 5.73 Å². The minimum absolute atomic E-state index is 0.0289. The van der Waals surface area contributed by atoms with Crippen LogP contribution in [0.3, 0.4) is 0 Å². The second-order valence-electron chi connectivity index (χ2n) is 5.36. The highest BCUT2D eigenvalue weighted by molar-refractivity contribution is 9.10. The zero-order chi connectivity index (χ0) is 14.0. The molecule has 2 atom stereocenters. The van der Waals surface area contributed by atoms with E-state index in [-0.39, 0.29) is 17.7 Å². The predicted octanol–water partition coefficient (Wildman–Crippen LogP) is 2.60. The van der Waals surface area contributed by atoms with Gasteiger partial charge in [-0.15, -0.1) is 0 Å². The Bertz CT molecular complexity index is 470. The fourth-order valence-corrected chi connectivity index (χ4v) is 3.32. The quantitative estimate of drug-likeness (QED) is 0.924. The van der Waals surface area contributed by atoms with Crippen molar-refractivity contribution in [3.05, 3.63) is 15.9 Å². The third-order valence-corrected chi connectivity index (χ3v) is 5.06. The lowest BCUT2D eigenvalue weighted by Crippen LogP contribution is -2.39. The van der Waals surface area contributed by atoms with Crippen molar-refractivity contribution in [1.82, 2.24) is 9.78 Å². The van der Waals surface area contributed by atoms with Crippen molar-refractivity contribution in [1.29, 1.82) is 0 Å². The number of halogens is 1. The Kier molecular flexibility index (Phi) is 4.79. The molecule has 0 aromatic carbocycles. The van der Waals surface area contributed by atoms with Gasteiger partial charge in [0.1, 0.15) is 5.78 Å². The molecule has 2 unspecified atom stereocenters. The molecule has 4 nitrogen and oxygen atoms in total. The summed E-state index contributed by atoms with van der Waals surface area (Å²) < 4.78 is 2.87. The zero-order valence-electron chi connectivity index (χ0n) is 11.7. The first-order chi connectivity index (χ1) is 9.04. The summed E-state index contributed by atoms with van der Waals surface area (Å²) in [4.78, 5) is 12.5. The van der Waals surface area contributed by atoms with Crippen molar-refractivity contribution in [3.63, 3.8) is 0 Å². The number of carbonyl (C=O) groups excluding carboxylic acids is 1. The van der Waals surface area contributed by atoms with Gasteiger partial charge in [0.2, 0.25) is 0 Å². The summed E-state index contributed by atoms with van der Waals surface area (Å²) >= 11 is 3.54. The molecule has 1 aromatic rings. The van der Waals surface area contributed by atoms with E-state index in [1.165, 1.54) is 0 Å². The van der Waals surface area contributed by atoms with Gasteiger partial charge in [0.25, 0.3) is 0 Å². The van der Waals surface area contributed by atoms with Crippen LogP contribution in [0, 0.1) is 12.8 Å². The first-order valence-electron chi connectivity index (χ1n) is 7.04. The fraction of sp³-hybridized carbons (Fsp3) is 0.714. The van der Waals surface area contributed by atoms with Crippen LogP contribution in [0.2, 0.25) is 0 Å². The molecule has 5 heteroatoms. The first kappa shape index (κ1) is 14.7. The van der Waals surface area contributed by atoms with Gasteiger partial charge in [-0.05, 0) is 42.6 Å².